The molecule has 2 atom stereocenters. The van der Waals surface area contributed by atoms with Gasteiger partial charge < -0.3 is 9.64 Å². The number of hydrogen-bond donors (Lipinski definition) is 0. The molecule has 0 bridgehead atoms. The number of esters is 1. The van der Waals surface area contributed by atoms with Crippen LogP contribution in [0.25, 0.3) is 0 Å². The van der Waals surface area contributed by atoms with Gasteiger partial charge in [-0.15, -0.1) is 0 Å². The van der Waals surface area contributed by atoms with Gasteiger partial charge in [-0.1, -0.05) is 6.42 Å². The van der Waals surface area contributed by atoms with Crippen molar-refractivity contribution in [1.82, 2.24) is 0 Å². The molecule has 0 aromatic heterocycles. The van der Waals surface area contributed by atoms with E-state index >= 15 is 0 Å². The second-order valence-electron chi connectivity index (χ2n) is 6.28. The molecule has 1 saturated carbocycles. The summed E-state index contributed by atoms with van der Waals surface area (Å²) in [5.74, 6) is -1.82. The normalized spacial score (nSPS) is 23.8. The zero-order chi connectivity index (χ0) is 17.1. The van der Waals surface area contributed by atoms with Crippen LogP contribution < -0.4 is 4.90 Å². The molecule has 0 radical (unpaired) electrons. The number of hydrogen-bond acceptors (Lipinski definition) is 4. The average Bonchev–Trinajstić information content (AvgIpc) is 3.02. The number of ether oxygens (including phenoxy) is 1. The van der Waals surface area contributed by atoms with Gasteiger partial charge in [-0.25, -0.2) is 9.18 Å². The minimum absolute atomic E-state index is 0.0299. The number of halogens is 1. The summed E-state index contributed by atoms with van der Waals surface area (Å²) in [6, 6.07) is 6.20. The second-order valence-corrected chi connectivity index (χ2v) is 6.28. The van der Waals surface area contributed by atoms with Crippen LogP contribution in [0.15, 0.2) is 18.2 Å². The number of carbonyl (C=O) groups excluding carboxylic acids is 2. The van der Waals surface area contributed by atoms with E-state index in [1.54, 1.807) is 4.90 Å². The molecule has 1 aliphatic carbocycles. The van der Waals surface area contributed by atoms with Crippen LogP contribution >= 0.6 is 0 Å². The molecule has 3 rings (SSSR count). The zero-order valence-corrected chi connectivity index (χ0v) is 13.3. The number of rotatable bonds is 3. The van der Waals surface area contributed by atoms with Crippen LogP contribution in [0.4, 0.5) is 10.1 Å². The Morgan fingerprint density at radius 2 is 2.08 bits per heavy atom. The lowest BCUT2D eigenvalue weighted by Crippen LogP contribution is -2.30. The Hall–Kier alpha value is -2.42. The average molecular weight is 330 g/mol. The molecule has 1 heterocycles. The number of amides is 1. The van der Waals surface area contributed by atoms with Gasteiger partial charge in [0.1, 0.15) is 11.9 Å². The van der Waals surface area contributed by atoms with Gasteiger partial charge in [-0.3, -0.25) is 4.79 Å². The van der Waals surface area contributed by atoms with Crippen LogP contribution in [0.3, 0.4) is 0 Å². The third-order valence-electron chi connectivity index (χ3n) is 4.68. The first-order chi connectivity index (χ1) is 11.6. The van der Waals surface area contributed by atoms with E-state index in [0.717, 1.165) is 19.3 Å². The molecule has 2 fully saturated rings. The van der Waals surface area contributed by atoms with E-state index in [-0.39, 0.29) is 17.4 Å². The molecule has 1 aromatic carbocycles. The second kappa shape index (κ2) is 7.00. The maximum absolute atomic E-state index is 14.1. The van der Waals surface area contributed by atoms with Gasteiger partial charge in [-0.2, -0.15) is 5.26 Å². The molecule has 0 unspecified atom stereocenters. The summed E-state index contributed by atoms with van der Waals surface area (Å²) >= 11 is 0. The van der Waals surface area contributed by atoms with Crippen molar-refractivity contribution >= 4 is 17.6 Å². The molecular formula is C18H19FN2O3. The van der Waals surface area contributed by atoms with Crippen LogP contribution in [0.1, 0.15) is 48.9 Å². The molecule has 5 nitrogen and oxygen atoms in total. The number of anilines is 1. The van der Waals surface area contributed by atoms with Crippen molar-refractivity contribution in [3.8, 4) is 6.07 Å². The molecule has 1 saturated heterocycles. The van der Waals surface area contributed by atoms with Gasteiger partial charge in [0.25, 0.3) is 0 Å². The van der Waals surface area contributed by atoms with E-state index in [2.05, 4.69) is 6.07 Å². The molecule has 1 amide bonds. The quantitative estimate of drug-likeness (QED) is 0.798. The zero-order valence-electron chi connectivity index (χ0n) is 13.3. The Morgan fingerprint density at radius 1 is 1.29 bits per heavy atom. The number of benzene rings is 1. The van der Waals surface area contributed by atoms with Crippen LogP contribution in [0.2, 0.25) is 0 Å². The summed E-state index contributed by atoms with van der Waals surface area (Å²) in [4.78, 5) is 25.7. The topological polar surface area (TPSA) is 70.4 Å². The summed E-state index contributed by atoms with van der Waals surface area (Å²) in [6.45, 7) is 0.568. The fourth-order valence-corrected chi connectivity index (χ4v) is 3.35. The standard InChI is InChI=1S/C18H19FN2O3/c19-15-8-7-13(21-9-3-6-17(21)22)10-14(15)18(23)24-16-5-2-1-4-12(16)11-20/h7-8,10,12,16H,1-6,9H2/t12-,16+/m1/s1. The Kier molecular flexibility index (Phi) is 4.79. The molecule has 6 heteroatoms. The SMILES string of the molecule is N#C[C@H]1CCCC[C@@H]1OC(=O)c1cc(N2CCCC2=O)ccc1F. The van der Waals surface area contributed by atoms with Crippen molar-refractivity contribution in [2.75, 3.05) is 11.4 Å². The highest BCUT2D eigenvalue weighted by molar-refractivity contribution is 5.97. The highest BCUT2D eigenvalue weighted by Crippen LogP contribution is 2.29. The van der Waals surface area contributed by atoms with Crippen LogP contribution in [-0.4, -0.2) is 24.5 Å². The van der Waals surface area contributed by atoms with Gasteiger partial charge in [0.05, 0.1) is 17.6 Å². The maximum atomic E-state index is 14.1. The largest absolute Gasteiger partial charge is 0.457 e. The summed E-state index contributed by atoms with van der Waals surface area (Å²) in [7, 11) is 0. The number of carbonyl (C=O) groups is 2. The Morgan fingerprint density at radius 3 is 2.79 bits per heavy atom. The van der Waals surface area contributed by atoms with Crippen LogP contribution in [0.5, 0.6) is 0 Å². The molecular weight excluding hydrogens is 311 g/mol. The van der Waals surface area contributed by atoms with E-state index in [4.69, 9.17) is 10.00 Å². The van der Waals surface area contributed by atoms with E-state index < -0.39 is 17.9 Å². The maximum Gasteiger partial charge on any atom is 0.341 e. The molecule has 2 aliphatic rings. The van der Waals surface area contributed by atoms with Gasteiger partial charge in [0, 0.05) is 18.7 Å². The van der Waals surface area contributed by atoms with Gasteiger partial charge in [-0.05, 0) is 43.9 Å². The summed E-state index contributed by atoms with van der Waals surface area (Å²) in [5.41, 5.74) is 0.320. The van der Waals surface area contributed by atoms with E-state index in [1.807, 2.05) is 0 Å². The number of nitrogens with zero attached hydrogens (tertiary/aromatic N) is 2. The predicted molar refractivity (Wildman–Crippen MR) is 84.8 cm³/mol. The molecule has 0 spiro atoms. The first-order valence-electron chi connectivity index (χ1n) is 8.30. The summed E-state index contributed by atoms with van der Waals surface area (Å²) in [5, 5.41) is 9.16. The number of nitriles is 1. The lowest BCUT2D eigenvalue weighted by molar-refractivity contribution is -0.117. The summed E-state index contributed by atoms with van der Waals surface area (Å²) < 4.78 is 19.5. The van der Waals surface area contributed by atoms with Crippen molar-refractivity contribution in [2.24, 2.45) is 5.92 Å². The van der Waals surface area contributed by atoms with E-state index in [1.165, 1.54) is 18.2 Å². The fraction of sp³-hybridized carbons (Fsp3) is 0.500. The highest BCUT2D eigenvalue weighted by atomic mass is 19.1. The smallest absolute Gasteiger partial charge is 0.341 e. The van der Waals surface area contributed by atoms with E-state index in [9.17, 15) is 14.0 Å². The van der Waals surface area contributed by atoms with Crippen LogP contribution in [0, 0.1) is 23.1 Å². The molecule has 1 aliphatic heterocycles. The fourth-order valence-electron chi connectivity index (χ4n) is 3.35. The summed E-state index contributed by atoms with van der Waals surface area (Å²) in [6.07, 6.45) is 3.86. The Balaban J connectivity index is 1.79. The minimum atomic E-state index is -0.770. The van der Waals surface area contributed by atoms with Gasteiger partial charge in [0.2, 0.25) is 5.91 Å². The highest BCUT2D eigenvalue weighted by Gasteiger charge is 2.30. The van der Waals surface area contributed by atoms with E-state index in [0.29, 0.717) is 31.5 Å². The monoisotopic (exact) mass is 330 g/mol. The lowest BCUT2D eigenvalue weighted by atomic mass is 9.87. The van der Waals surface area contributed by atoms with Crippen molar-refractivity contribution in [3.63, 3.8) is 0 Å². The van der Waals surface area contributed by atoms with Crippen molar-refractivity contribution in [3.05, 3.63) is 29.6 Å². The van der Waals surface area contributed by atoms with Crippen LogP contribution in [-0.2, 0) is 9.53 Å². The van der Waals surface area contributed by atoms with Gasteiger partial charge in [0.15, 0.2) is 0 Å². The molecule has 24 heavy (non-hydrogen) atoms. The first-order valence-corrected chi connectivity index (χ1v) is 8.30. The predicted octanol–water partition coefficient (Wildman–Crippen LogP) is 3.19. The molecule has 0 N–H and O–H groups in total. The van der Waals surface area contributed by atoms with Gasteiger partial charge >= 0.3 is 5.97 Å². The Labute approximate surface area is 140 Å². The first kappa shape index (κ1) is 16.4. The Bertz CT molecular complexity index is 698. The minimum Gasteiger partial charge on any atom is -0.457 e. The molecule has 126 valence electrons. The lowest BCUT2D eigenvalue weighted by Gasteiger charge is -2.26. The third-order valence-corrected chi connectivity index (χ3v) is 4.68. The molecule has 1 aromatic rings. The van der Waals surface area contributed by atoms with Crippen molar-refractivity contribution in [2.45, 2.75) is 44.6 Å². The third kappa shape index (κ3) is 3.25. The van der Waals surface area contributed by atoms with Crippen molar-refractivity contribution in [1.29, 1.82) is 5.26 Å². The van der Waals surface area contributed by atoms with Crippen molar-refractivity contribution < 1.29 is 18.7 Å².